The van der Waals surface area contributed by atoms with E-state index in [4.69, 9.17) is 4.55 Å². The molecule has 0 aliphatic carbocycles. The molecule has 0 aromatic carbocycles. The third-order valence-electron chi connectivity index (χ3n) is 1.46. The third-order valence-corrected chi connectivity index (χ3v) is 4.20. The van der Waals surface area contributed by atoms with Gasteiger partial charge < -0.3 is 0 Å². The molecule has 5 nitrogen and oxygen atoms in total. The summed E-state index contributed by atoms with van der Waals surface area (Å²) in [6.07, 6.45) is 1.13. The van der Waals surface area contributed by atoms with Crippen molar-refractivity contribution in [1.29, 1.82) is 0 Å². The maximum Gasteiger partial charge on any atom is 0.266 e. The molecule has 0 fully saturated rings. The van der Waals surface area contributed by atoms with Crippen molar-refractivity contribution in [3.8, 4) is 0 Å². The van der Waals surface area contributed by atoms with E-state index < -0.39 is 31.0 Å². The maximum atomic E-state index is 10.9. The van der Waals surface area contributed by atoms with Crippen molar-refractivity contribution in [2.75, 3.05) is 12.0 Å². The lowest BCUT2D eigenvalue weighted by atomic mass is 10.4. The molecule has 0 rings (SSSR count). The van der Waals surface area contributed by atoms with Gasteiger partial charge in [0.2, 0.25) is 0 Å². The van der Waals surface area contributed by atoms with Gasteiger partial charge in [0.25, 0.3) is 10.1 Å². The fraction of sp³-hybridized carbons (Fsp3) is 1.00. The quantitative estimate of drug-likeness (QED) is 0.652. The molecule has 0 aliphatic heterocycles. The van der Waals surface area contributed by atoms with Gasteiger partial charge in [-0.3, -0.25) is 4.55 Å². The molecule has 0 saturated carbocycles. The predicted octanol–water partition coefficient (Wildman–Crippen LogP) is -0.303. The van der Waals surface area contributed by atoms with Crippen molar-refractivity contribution in [3.05, 3.63) is 0 Å². The average molecular weight is 216 g/mol. The molecule has 12 heavy (non-hydrogen) atoms. The summed E-state index contributed by atoms with van der Waals surface area (Å²) in [4.78, 5) is 0. The number of hydrogen-bond donors (Lipinski definition) is 1. The molecule has 0 saturated heterocycles. The maximum absolute atomic E-state index is 10.9. The fourth-order valence-electron chi connectivity index (χ4n) is 0.779. The second-order valence-electron chi connectivity index (χ2n) is 2.61. The van der Waals surface area contributed by atoms with E-state index in [-0.39, 0.29) is 6.42 Å². The van der Waals surface area contributed by atoms with Crippen LogP contribution in [0.2, 0.25) is 0 Å². The molecule has 1 N–H and O–H groups in total. The summed E-state index contributed by atoms with van der Waals surface area (Å²) in [5, 5.41) is -1.01. The first-order chi connectivity index (χ1) is 5.17. The van der Waals surface area contributed by atoms with Crippen LogP contribution in [0.4, 0.5) is 0 Å². The fourth-order valence-corrected chi connectivity index (χ4v) is 3.59. The van der Waals surface area contributed by atoms with E-state index in [1.54, 1.807) is 6.92 Å². The van der Waals surface area contributed by atoms with Gasteiger partial charge in [-0.25, -0.2) is 8.42 Å². The Morgan fingerprint density at radius 1 is 1.25 bits per heavy atom. The van der Waals surface area contributed by atoms with Crippen LogP contribution >= 0.6 is 0 Å². The molecule has 1 unspecified atom stereocenters. The average Bonchev–Trinajstić information content (AvgIpc) is 1.78. The Balaban J connectivity index is 4.64. The first-order valence-corrected chi connectivity index (χ1v) is 6.87. The normalized spacial score (nSPS) is 15.9. The van der Waals surface area contributed by atoms with E-state index >= 15 is 0 Å². The summed E-state index contributed by atoms with van der Waals surface area (Å²) in [6.45, 7) is 1.55. The molecule has 0 aliphatic rings. The molecule has 1 atom stereocenters. The van der Waals surface area contributed by atoms with Gasteiger partial charge in [-0.2, -0.15) is 8.42 Å². The lowest BCUT2D eigenvalue weighted by molar-refractivity contribution is 0.479. The standard InChI is InChI=1S/C5H12O5S2/c1-3-5(11(2,6)7)4-12(8,9)10/h5H,3-4H2,1-2H3,(H,8,9,10). The van der Waals surface area contributed by atoms with Gasteiger partial charge in [-0.15, -0.1) is 0 Å². The van der Waals surface area contributed by atoms with Crippen molar-refractivity contribution in [1.82, 2.24) is 0 Å². The van der Waals surface area contributed by atoms with Crippen LogP contribution in [0.3, 0.4) is 0 Å². The first kappa shape index (κ1) is 11.9. The molecule has 7 heteroatoms. The second-order valence-corrected chi connectivity index (χ2v) is 6.43. The van der Waals surface area contributed by atoms with Gasteiger partial charge in [0.05, 0.1) is 11.0 Å². The highest BCUT2D eigenvalue weighted by Crippen LogP contribution is 2.06. The largest absolute Gasteiger partial charge is 0.286 e. The van der Waals surface area contributed by atoms with Crippen molar-refractivity contribution in [2.24, 2.45) is 0 Å². The summed E-state index contributed by atoms with van der Waals surface area (Å²) < 4.78 is 50.8. The Kier molecular flexibility index (Phi) is 3.67. The summed E-state index contributed by atoms with van der Waals surface area (Å²) >= 11 is 0. The Hall–Kier alpha value is -0.140. The molecular formula is C5H12O5S2. The molecule has 0 radical (unpaired) electrons. The van der Waals surface area contributed by atoms with E-state index in [1.807, 2.05) is 0 Å². The SMILES string of the molecule is CCC(CS(=O)(=O)O)S(C)(=O)=O. The van der Waals surface area contributed by atoms with E-state index in [1.165, 1.54) is 0 Å². The Labute approximate surface area is 72.5 Å². The van der Waals surface area contributed by atoms with Crippen molar-refractivity contribution in [3.63, 3.8) is 0 Å². The van der Waals surface area contributed by atoms with Crippen molar-refractivity contribution < 1.29 is 21.4 Å². The van der Waals surface area contributed by atoms with Gasteiger partial charge in [0.1, 0.15) is 0 Å². The first-order valence-electron chi connectivity index (χ1n) is 3.31. The molecule has 74 valence electrons. The van der Waals surface area contributed by atoms with E-state index in [0.717, 1.165) is 6.26 Å². The highest BCUT2D eigenvalue weighted by Gasteiger charge is 2.24. The summed E-state index contributed by atoms with van der Waals surface area (Å²) in [7, 11) is -7.59. The van der Waals surface area contributed by atoms with Crippen LogP contribution in [0.25, 0.3) is 0 Å². The van der Waals surface area contributed by atoms with Crippen LogP contribution in [0, 0.1) is 0 Å². The van der Waals surface area contributed by atoms with Crippen LogP contribution in [-0.2, 0) is 20.0 Å². The van der Waals surface area contributed by atoms with Crippen molar-refractivity contribution in [2.45, 2.75) is 18.6 Å². The number of hydrogen-bond acceptors (Lipinski definition) is 4. The number of sulfone groups is 1. The van der Waals surface area contributed by atoms with E-state index in [2.05, 4.69) is 0 Å². The lowest BCUT2D eigenvalue weighted by Crippen LogP contribution is -2.27. The molecule has 0 aromatic heterocycles. The Morgan fingerprint density at radius 2 is 1.67 bits per heavy atom. The zero-order chi connectivity index (χ0) is 9.99. The summed E-state index contributed by atoms with van der Waals surface area (Å²) in [5.74, 6) is -0.720. The molecule has 0 amide bonds. The van der Waals surface area contributed by atoms with Gasteiger partial charge in [0, 0.05) is 6.26 Å². The van der Waals surface area contributed by atoms with Crippen LogP contribution in [-0.4, -0.2) is 38.6 Å². The zero-order valence-corrected chi connectivity index (χ0v) is 8.52. The molecular weight excluding hydrogens is 204 g/mol. The molecule has 0 heterocycles. The van der Waals surface area contributed by atoms with Gasteiger partial charge in [-0.05, 0) is 6.42 Å². The number of rotatable bonds is 4. The zero-order valence-electron chi connectivity index (χ0n) is 6.89. The molecule has 0 aromatic rings. The minimum Gasteiger partial charge on any atom is -0.286 e. The summed E-state index contributed by atoms with van der Waals surface area (Å²) in [5.41, 5.74) is 0. The van der Waals surface area contributed by atoms with Gasteiger partial charge >= 0.3 is 0 Å². The minimum atomic E-state index is -4.20. The van der Waals surface area contributed by atoms with Gasteiger partial charge in [-0.1, -0.05) is 6.92 Å². The topological polar surface area (TPSA) is 88.5 Å². The monoisotopic (exact) mass is 216 g/mol. The Bertz CT molecular complexity index is 325. The second kappa shape index (κ2) is 3.71. The van der Waals surface area contributed by atoms with Crippen LogP contribution < -0.4 is 0 Å². The molecule has 0 bridgehead atoms. The lowest BCUT2D eigenvalue weighted by Gasteiger charge is -2.09. The predicted molar refractivity (Wildman–Crippen MR) is 45.3 cm³/mol. The van der Waals surface area contributed by atoms with E-state index in [0.29, 0.717) is 0 Å². The molecule has 0 spiro atoms. The van der Waals surface area contributed by atoms with Crippen LogP contribution in [0.5, 0.6) is 0 Å². The highest BCUT2D eigenvalue weighted by atomic mass is 32.2. The minimum absolute atomic E-state index is 0.179. The summed E-state index contributed by atoms with van der Waals surface area (Å²) in [6, 6.07) is 0. The van der Waals surface area contributed by atoms with Crippen molar-refractivity contribution >= 4 is 20.0 Å². The van der Waals surface area contributed by atoms with Gasteiger partial charge in [0.15, 0.2) is 9.84 Å². The van der Waals surface area contributed by atoms with Crippen LogP contribution in [0.15, 0.2) is 0 Å². The van der Waals surface area contributed by atoms with Crippen LogP contribution in [0.1, 0.15) is 13.3 Å². The highest BCUT2D eigenvalue weighted by molar-refractivity contribution is 7.93. The Morgan fingerprint density at radius 3 is 1.75 bits per heavy atom. The smallest absolute Gasteiger partial charge is 0.266 e. The van der Waals surface area contributed by atoms with E-state index in [9.17, 15) is 16.8 Å². The third kappa shape index (κ3) is 4.68.